The van der Waals surface area contributed by atoms with Gasteiger partial charge in [0.1, 0.15) is 0 Å². The topological polar surface area (TPSA) is 60.7 Å². The van der Waals surface area contributed by atoms with E-state index in [9.17, 15) is 4.79 Å². The maximum absolute atomic E-state index is 12.2. The first-order chi connectivity index (χ1) is 11.1. The van der Waals surface area contributed by atoms with Crippen molar-refractivity contribution in [2.75, 3.05) is 5.75 Å². The SMILES string of the molecule is Cc1ccc(-n2nnnc2SCC(=O)c2ccc(Cl)cc2)cc1. The van der Waals surface area contributed by atoms with Gasteiger partial charge < -0.3 is 0 Å². The lowest BCUT2D eigenvalue weighted by molar-refractivity contribution is 0.102. The molecule has 0 saturated heterocycles. The van der Waals surface area contributed by atoms with Crippen molar-refractivity contribution in [2.24, 2.45) is 0 Å². The molecule has 1 heterocycles. The van der Waals surface area contributed by atoms with Gasteiger partial charge in [0.25, 0.3) is 0 Å². The number of thioether (sulfide) groups is 1. The monoisotopic (exact) mass is 344 g/mol. The molecule has 5 nitrogen and oxygen atoms in total. The summed E-state index contributed by atoms with van der Waals surface area (Å²) in [5.74, 6) is 0.263. The maximum Gasteiger partial charge on any atom is 0.214 e. The Kier molecular flexibility index (Phi) is 4.73. The van der Waals surface area contributed by atoms with Crippen LogP contribution in [0.4, 0.5) is 0 Å². The van der Waals surface area contributed by atoms with Crippen molar-refractivity contribution in [2.45, 2.75) is 12.1 Å². The second-order valence-corrected chi connectivity index (χ2v) is 6.31. The Morgan fingerprint density at radius 1 is 1.13 bits per heavy atom. The van der Waals surface area contributed by atoms with Gasteiger partial charge in [-0.15, -0.1) is 5.10 Å². The molecule has 3 aromatic rings. The molecule has 116 valence electrons. The quantitative estimate of drug-likeness (QED) is 0.522. The molecule has 0 atom stereocenters. The molecule has 0 aliphatic carbocycles. The zero-order valence-corrected chi connectivity index (χ0v) is 13.9. The highest BCUT2D eigenvalue weighted by Gasteiger charge is 2.12. The van der Waals surface area contributed by atoms with Crippen molar-refractivity contribution in [1.29, 1.82) is 0 Å². The van der Waals surface area contributed by atoms with E-state index < -0.39 is 0 Å². The van der Waals surface area contributed by atoms with Gasteiger partial charge >= 0.3 is 0 Å². The minimum atomic E-state index is 0.00474. The predicted molar refractivity (Wildman–Crippen MR) is 90.4 cm³/mol. The first-order valence-electron chi connectivity index (χ1n) is 6.90. The number of aryl methyl sites for hydroxylation is 1. The van der Waals surface area contributed by atoms with E-state index in [1.807, 2.05) is 31.2 Å². The zero-order valence-electron chi connectivity index (χ0n) is 12.3. The number of Topliss-reactive ketones (excluding diaryl/α,β-unsaturated/α-hetero) is 1. The number of aromatic nitrogens is 4. The van der Waals surface area contributed by atoms with Gasteiger partial charge in [-0.2, -0.15) is 4.68 Å². The molecule has 0 fully saturated rings. The molecule has 0 aliphatic heterocycles. The molecule has 0 bridgehead atoms. The van der Waals surface area contributed by atoms with Crippen molar-refractivity contribution in [3.05, 3.63) is 64.7 Å². The first kappa shape index (κ1) is 15.7. The van der Waals surface area contributed by atoms with Crippen LogP contribution in [0.3, 0.4) is 0 Å². The third-order valence-electron chi connectivity index (χ3n) is 3.22. The van der Waals surface area contributed by atoms with Crippen LogP contribution in [0.25, 0.3) is 5.69 Å². The number of halogens is 1. The fraction of sp³-hybridized carbons (Fsp3) is 0.125. The highest BCUT2D eigenvalue weighted by atomic mass is 35.5. The summed E-state index contributed by atoms with van der Waals surface area (Å²) in [6.45, 7) is 2.02. The van der Waals surface area contributed by atoms with Crippen molar-refractivity contribution in [3.8, 4) is 5.69 Å². The minimum absolute atomic E-state index is 0.00474. The Balaban J connectivity index is 1.72. The second kappa shape index (κ2) is 6.93. The highest BCUT2D eigenvalue weighted by Crippen LogP contribution is 2.20. The summed E-state index contributed by atoms with van der Waals surface area (Å²) in [5.41, 5.74) is 2.65. The van der Waals surface area contributed by atoms with E-state index >= 15 is 0 Å². The number of benzene rings is 2. The van der Waals surface area contributed by atoms with Crippen LogP contribution in [-0.2, 0) is 0 Å². The third kappa shape index (κ3) is 3.78. The lowest BCUT2D eigenvalue weighted by Gasteiger charge is -2.04. The number of tetrazole rings is 1. The van der Waals surface area contributed by atoms with Crippen molar-refractivity contribution >= 4 is 29.1 Å². The van der Waals surface area contributed by atoms with Crippen LogP contribution in [0.5, 0.6) is 0 Å². The van der Waals surface area contributed by atoms with Crippen LogP contribution in [0.15, 0.2) is 53.7 Å². The van der Waals surface area contributed by atoms with E-state index in [1.54, 1.807) is 28.9 Å². The van der Waals surface area contributed by atoms with Crippen molar-refractivity contribution in [1.82, 2.24) is 20.2 Å². The molecule has 23 heavy (non-hydrogen) atoms. The van der Waals surface area contributed by atoms with Gasteiger partial charge in [-0.3, -0.25) is 4.79 Å². The van der Waals surface area contributed by atoms with Gasteiger partial charge in [0.15, 0.2) is 5.78 Å². The fourth-order valence-electron chi connectivity index (χ4n) is 1.97. The average Bonchev–Trinajstić information content (AvgIpc) is 3.02. The summed E-state index contributed by atoms with van der Waals surface area (Å²) >= 11 is 7.13. The zero-order chi connectivity index (χ0) is 16.2. The maximum atomic E-state index is 12.2. The largest absolute Gasteiger partial charge is 0.293 e. The number of carbonyl (C=O) groups is 1. The van der Waals surface area contributed by atoms with E-state index in [-0.39, 0.29) is 11.5 Å². The highest BCUT2D eigenvalue weighted by molar-refractivity contribution is 7.99. The van der Waals surface area contributed by atoms with E-state index in [1.165, 1.54) is 11.8 Å². The summed E-state index contributed by atoms with van der Waals surface area (Å²) in [6.07, 6.45) is 0. The molecule has 0 aliphatic rings. The van der Waals surface area contributed by atoms with E-state index in [0.29, 0.717) is 15.7 Å². The normalized spacial score (nSPS) is 10.7. The summed E-state index contributed by atoms with van der Waals surface area (Å²) in [5, 5.41) is 12.9. The van der Waals surface area contributed by atoms with E-state index in [0.717, 1.165) is 11.3 Å². The lowest BCUT2D eigenvalue weighted by atomic mass is 10.1. The summed E-state index contributed by atoms with van der Waals surface area (Å²) in [6, 6.07) is 14.7. The summed E-state index contributed by atoms with van der Waals surface area (Å²) in [4.78, 5) is 12.2. The molecular weight excluding hydrogens is 332 g/mol. The Morgan fingerprint density at radius 2 is 1.83 bits per heavy atom. The summed E-state index contributed by atoms with van der Waals surface area (Å²) in [7, 11) is 0. The number of nitrogens with zero attached hydrogens (tertiary/aromatic N) is 4. The fourth-order valence-corrected chi connectivity index (χ4v) is 2.88. The van der Waals surface area contributed by atoms with E-state index in [2.05, 4.69) is 15.5 Å². The first-order valence-corrected chi connectivity index (χ1v) is 8.27. The number of hydrogen-bond donors (Lipinski definition) is 0. The molecule has 0 spiro atoms. The van der Waals surface area contributed by atoms with Gasteiger partial charge in [0, 0.05) is 10.6 Å². The number of carbonyl (C=O) groups excluding carboxylic acids is 1. The number of rotatable bonds is 5. The number of hydrogen-bond acceptors (Lipinski definition) is 5. The molecular formula is C16H13ClN4OS. The van der Waals surface area contributed by atoms with Crippen LogP contribution in [-0.4, -0.2) is 31.7 Å². The predicted octanol–water partition coefficient (Wildman–Crippen LogP) is 3.60. The van der Waals surface area contributed by atoms with Gasteiger partial charge in [-0.05, 0) is 53.7 Å². The van der Waals surface area contributed by atoms with Crippen LogP contribution in [0.2, 0.25) is 5.02 Å². The summed E-state index contributed by atoms with van der Waals surface area (Å²) < 4.78 is 1.62. The van der Waals surface area contributed by atoms with Gasteiger partial charge in [0.05, 0.1) is 11.4 Å². The minimum Gasteiger partial charge on any atom is -0.293 e. The third-order valence-corrected chi connectivity index (χ3v) is 4.39. The molecule has 7 heteroatoms. The van der Waals surface area contributed by atoms with Crippen LogP contribution in [0, 0.1) is 6.92 Å². The van der Waals surface area contributed by atoms with Gasteiger partial charge in [-0.1, -0.05) is 41.1 Å². The molecule has 0 saturated carbocycles. The van der Waals surface area contributed by atoms with Crippen LogP contribution in [0.1, 0.15) is 15.9 Å². The average molecular weight is 345 g/mol. The van der Waals surface area contributed by atoms with Crippen LogP contribution < -0.4 is 0 Å². The Labute approximate surface area is 142 Å². The Bertz CT molecular complexity index is 815. The molecule has 2 aromatic carbocycles. The smallest absolute Gasteiger partial charge is 0.214 e. The van der Waals surface area contributed by atoms with Gasteiger partial charge in [-0.25, -0.2) is 0 Å². The molecule has 3 rings (SSSR count). The van der Waals surface area contributed by atoms with Crippen molar-refractivity contribution < 1.29 is 4.79 Å². The second-order valence-electron chi connectivity index (χ2n) is 4.93. The Hall–Kier alpha value is -2.18. The molecule has 0 radical (unpaired) electrons. The van der Waals surface area contributed by atoms with Crippen LogP contribution >= 0.6 is 23.4 Å². The van der Waals surface area contributed by atoms with Gasteiger partial charge in [0.2, 0.25) is 5.16 Å². The molecule has 0 unspecified atom stereocenters. The molecule has 1 aromatic heterocycles. The standard InChI is InChI=1S/C16H13ClN4OS/c1-11-2-8-14(9-3-11)21-16(18-19-20-21)23-10-15(22)12-4-6-13(17)7-5-12/h2-9H,10H2,1H3. The lowest BCUT2D eigenvalue weighted by Crippen LogP contribution is -2.04. The van der Waals surface area contributed by atoms with E-state index in [4.69, 9.17) is 11.6 Å². The molecule has 0 N–H and O–H groups in total. The van der Waals surface area contributed by atoms with Crippen molar-refractivity contribution in [3.63, 3.8) is 0 Å². The molecule has 0 amide bonds. The Morgan fingerprint density at radius 3 is 2.52 bits per heavy atom. The number of ketones is 1.